The van der Waals surface area contributed by atoms with Crippen molar-refractivity contribution in [3.63, 3.8) is 0 Å². The van der Waals surface area contributed by atoms with Crippen molar-refractivity contribution in [1.29, 1.82) is 0 Å². The summed E-state index contributed by atoms with van der Waals surface area (Å²) in [6.07, 6.45) is 0. The van der Waals surface area contributed by atoms with E-state index in [9.17, 15) is 4.79 Å². The summed E-state index contributed by atoms with van der Waals surface area (Å²) in [6.45, 7) is 0. The summed E-state index contributed by atoms with van der Waals surface area (Å²) in [7, 11) is 3.11. The molecule has 158 valence electrons. The minimum atomic E-state index is -0.264. The molecule has 31 heavy (non-hydrogen) atoms. The highest BCUT2D eigenvalue weighted by Crippen LogP contribution is 2.36. The van der Waals surface area contributed by atoms with Gasteiger partial charge in [-0.3, -0.25) is 4.79 Å². The number of benzene rings is 2. The smallest absolute Gasteiger partial charge is 0.252 e. The molecule has 8 nitrogen and oxygen atoms in total. The third-order valence-electron chi connectivity index (χ3n) is 4.28. The topological polar surface area (TPSA) is 103 Å². The van der Waals surface area contributed by atoms with Crippen LogP contribution in [0.4, 0.5) is 0 Å². The van der Waals surface area contributed by atoms with Crippen LogP contribution in [0.5, 0.6) is 11.5 Å². The van der Waals surface area contributed by atoms with Crippen molar-refractivity contribution in [2.75, 3.05) is 14.2 Å². The molecule has 0 atom stereocenters. The number of nitrogens with one attached hydrogen (secondary N) is 1. The summed E-state index contributed by atoms with van der Waals surface area (Å²) in [5, 5.41) is 5.03. The van der Waals surface area contributed by atoms with Crippen LogP contribution in [0, 0.1) is 0 Å². The number of H-pyrrole nitrogens is 1. The number of para-hydroxylation sites is 1. The molecular weight excluding hydrogens is 440 g/mol. The van der Waals surface area contributed by atoms with Crippen LogP contribution in [0.2, 0.25) is 5.02 Å². The zero-order chi connectivity index (χ0) is 21.8. The number of methoxy groups -OCH3 is 2. The van der Waals surface area contributed by atoms with Gasteiger partial charge >= 0.3 is 0 Å². The molecule has 0 aliphatic carbocycles. The highest BCUT2D eigenvalue weighted by atomic mass is 35.5. The van der Waals surface area contributed by atoms with Crippen LogP contribution in [-0.2, 0) is 5.75 Å². The molecule has 2 aromatic heterocycles. The van der Waals surface area contributed by atoms with Crippen molar-refractivity contribution in [2.24, 2.45) is 0 Å². The molecule has 0 amide bonds. The van der Waals surface area contributed by atoms with Gasteiger partial charge < -0.3 is 19.0 Å². The average Bonchev–Trinajstić information content (AvgIpc) is 3.25. The molecule has 0 saturated heterocycles. The number of aromatic nitrogens is 4. The molecule has 10 heteroatoms. The van der Waals surface area contributed by atoms with Crippen LogP contribution in [0.1, 0.15) is 5.89 Å². The number of ether oxygens (including phenoxy) is 2. The lowest BCUT2D eigenvalue weighted by molar-refractivity contribution is 0.355. The summed E-state index contributed by atoms with van der Waals surface area (Å²) in [4.78, 5) is 23.7. The maximum Gasteiger partial charge on any atom is 0.252 e. The first kappa shape index (κ1) is 21.0. The van der Waals surface area contributed by atoms with E-state index in [0.717, 1.165) is 5.56 Å². The minimum absolute atomic E-state index is 0.264. The van der Waals surface area contributed by atoms with E-state index >= 15 is 0 Å². The van der Waals surface area contributed by atoms with Crippen molar-refractivity contribution in [2.45, 2.75) is 10.9 Å². The lowest BCUT2D eigenvalue weighted by Crippen LogP contribution is -2.08. The summed E-state index contributed by atoms with van der Waals surface area (Å²) >= 11 is 7.32. The highest BCUT2D eigenvalue weighted by molar-refractivity contribution is 7.98. The van der Waals surface area contributed by atoms with Gasteiger partial charge in [0.1, 0.15) is 0 Å². The van der Waals surface area contributed by atoms with Crippen LogP contribution in [0.3, 0.4) is 0 Å². The maximum atomic E-state index is 12.1. The van der Waals surface area contributed by atoms with E-state index < -0.39 is 0 Å². The summed E-state index contributed by atoms with van der Waals surface area (Å²) < 4.78 is 16.1. The van der Waals surface area contributed by atoms with E-state index in [4.69, 9.17) is 25.6 Å². The van der Waals surface area contributed by atoms with Crippen LogP contribution in [0.25, 0.3) is 22.6 Å². The number of rotatable bonds is 7. The number of thioether (sulfide) groups is 1. The second-order valence-electron chi connectivity index (χ2n) is 6.29. The van der Waals surface area contributed by atoms with Gasteiger partial charge in [-0.25, -0.2) is 4.98 Å². The second kappa shape index (κ2) is 9.23. The maximum absolute atomic E-state index is 12.1. The fourth-order valence-corrected chi connectivity index (χ4v) is 3.82. The Labute approximate surface area is 186 Å². The van der Waals surface area contributed by atoms with E-state index in [-0.39, 0.29) is 5.56 Å². The van der Waals surface area contributed by atoms with Gasteiger partial charge in [0.2, 0.25) is 11.7 Å². The first-order valence-electron chi connectivity index (χ1n) is 9.11. The van der Waals surface area contributed by atoms with Crippen molar-refractivity contribution in [3.8, 4) is 34.1 Å². The molecule has 4 aromatic rings. The Balaban J connectivity index is 1.54. The van der Waals surface area contributed by atoms with Gasteiger partial charge in [-0.1, -0.05) is 46.7 Å². The number of hydrogen-bond acceptors (Lipinski definition) is 8. The van der Waals surface area contributed by atoms with Crippen LogP contribution in [-0.4, -0.2) is 34.3 Å². The Morgan fingerprint density at radius 2 is 1.94 bits per heavy atom. The first-order chi connectivity index (χ1) is 15.1. The van der Waals surface area contributed by atoms with Crippen molar-refractivity contribution < 1.29 is 14.0 Å². The third kappa shape index (κ3) is 4.73. The van der Waals surface area contributed by atoms with Crippen LogP contribution < -0.4 is 15.0 Å². The van der Waals surface area contributed by atoms with Crippen molar-refractivity contribution >= 4 is 23.4 Å². The molecule has 0 radical (unpaired) electrons. The molecule has 0 unspecified atom stereocenters. The van der Waals surface area contributed by atoms with Gasteiger partial charge in [0, 0.05) is 16.7 Å². The number of hydrogen-bond donors (Lipinski definition) is 1. The third-order valence-corrected chi connectivity index (χ3v) is 5.38. The molecule has 0 aliphatic heterocycles. The lowest BCUT2D eigenvalue weighted by Gasteiger charge is -2.09. The van der Waals surface area contributed by atoms with Gasteiger partial charge in [0.15, 0.2) is 16.7 Å². The molecule has 1 N–H and O–H groups in total. The molecule has 2 heterocycles. The fourth-order valence-electron chi connectivity index (χ4n) is 2.92. The average molecular weight is 457 g/mol. The number of halogens is 1. The molecule has 0 fully saturated rings. The minimum Gasteiger partial charge on any atom is -0.493 e. The van der Waals surface area contributed by atoms with E-state index in [1.165, 1.54) is 17.8 Å². The molecule has 0 bridgehead atoms. The molecule has 0 aliphatic rings. The predicted octanol–water partition coefficient (Wildman–Crippen LogP) is 4.45. The van der Waals surface area contributed by atoms with E-state index in [1.54, 1.807) is 38.5 Å². The number of aromatic amines is 1. The van der Waals surface area contributed by atoms with Gasteiger partial charge in [-0.05, 0) is 24.3 Å². The summed E-state index contributed by atoms with van der Waals surface area (Å²) in [5.74, 6) is 2.16. The Bertz CT molecular complexity index is 1270. The largest absolute Gasteiger partial charge is 0.493 e. The van der Waals surface area contributed by atoms with Crippen LogP contribution in [0.15, 0.2) is 63.0 Å². The van der Waals surface area contributed by atoms with E-state index in [0.29, 0.717) is 50.4 Å². The molecule has 2 aromatic carbocycles. The van der Waals surface area contributed by atoms with Gasteiger partial charge in [0.25, 0.3) is 5.56 Å². The Morgan fingerprint density at radius 1 is 1.10 bits per heavy atom. The quantitative estimate of drug-likeness (QED) is 0.321. The Hall–Kier alpha value is -3.30. The van der Waals surface area contributed by atoms with E-state index in [2.05, 4.69) is 20.1 Å². The second-order valence-corrected chi connectivity index (χ2v) is 7.69. The van der Waals surface area contributed by atoms with Gasteiger partial charge in [-0.15, -0.1) is 0 Å². The molecule has 4 rings (SSSR count). The van der Waals surface area contributed by atoms with Gasteiger partial charge in [-0.2, -0.15) is 4.98 Å². The van der Waals surface area contributed by atoms with Gasteiger partial charge in [0.05, 0.1) is 31.2 Å². The van der Waals surface area contributed by atoms with E-state index in [1.807, 2.05) is 18.2 Å². The monoisotopic (exact) mass is 456 g/mol. The summed E-state index contributed by atoms with van der Waals surface area (Å²) in [6, 6.07) is 14.0. The first-order valence-corrected chi connectivity index (χ1v) is 10.5. The highest BCUT2D eigenvalue weighted by Gasteiger charge is 2.17. The fraction of sp³-hybridized carbons (Fsp3) is 0.143. The Kier molecular flexibility index (Phi) is 6.24. The zero-order valence-electron chi connectivity index (χ0n) is 16.6. The zero-order valence-corrected chi connectivity index (χ0v) is 18.2. The SMILES string of the molecule is COc1cccc(-c2noc(CSc3nc(-c4cccc(Cl)c4)cc(=O)[nH]3)n2)c1OC. The molecule has 0 saturated carbocycles. The summed E-state index contributed by atoms with van der Waals surface area (Å²) in [5.41, 5.74) is 1.67. The standard InChI is InChI=1S/C21H17ClN4O4S/c1-28-16-8-4-7-14(19(16)29-2)20-25-18(30-26-20)11-31-21-23-15(10-17(27)24-21)12-5-3-6-13(22)9-12/h3-10H,11H2,1-2H3,(H,23,24,27). The van der Waals surface area contributed by atoms with Crippen molar-refractivity contribution in [3.05, 3.63) is 69.8 Å². The van der Waals surface area contributed by atoms with Crippen molar-refractivity contribution in [1.82, 2.24) is 20.1 Å². The van der Waals surface area contributed by atoms with Crippen LogP contribution >= 0.6 is 23.4 Å². The molecular formula is C21H17ClN4O4S. The Morgan fingerprint density at radius 3 is 2.71 bits per heavy atom. The lowest BCUT2D eigenvalue weighted by atomic mass is 10.1. The normalized spacial score (nSPS) is 10.8. The molecule has 0 spiro atoms. The predicted molar refractivity (Wildman–Crippen MR) is 118 cm³/mol. The number of nitrogens with zero attached hydrogens (tertiary/aromatic N) is 3.